The Hall–Kier alpha value is -4.70. The van der Waals surface area contributed by atoms with Gasteiger partial charge in [0.1, 0.15) is 35.2 Å². The largest absolute Gasteiger partial charge is 0.461 e. The Bertz CT molecular complexity index is 2050. The zero-order valence-corrected chi connectivity index (χ0v) is 27.2. The Labute approximate surface area is 283 Å². The fourth-order valence-electron chi connectivity index (χ4n) is 9.12. The molecule has 4 fully saturated rings. The lowest BCUT2D eigenvalue weighted by Gasteiger charge is -2.38. The predicted molar refractivity (Wildman–Crippen MR) is 182 cm³/mol. The summed E-state index contributed by atoms with van der Waals surface area (Å²) in [5.74, 6) is -0.307. The van der Waals surface area contributed by atoms with Crippen LogP contribution in [0.4, 0.5) is 14.6 Å². The predicted octanol–water partition coefficient (Wildman–Crippen LogP) is 7.20. The fraction of sp³-hybridized carbons (Fsp3) is 0.385. The summed E-state index contributed by atoms with van der Waals surface area (Å²) in [5, 5.41) is 1.43. The van der Waals surface area contributed by atoms with Crippen molar-refractivity contribution in [3.05, 3.63) is 84.6 Å². The van der Waals surface area contributed by atoms with Crippen LogP contribution in [0.1, 0.15) is 38.5 Å². The maximum atomic E-state index is 16.8. The van der Waals surface area contributed by atoms with Crippen molar-refractivity contribution in [1.29, 1.82) is 0 Å². The van der Waals surface area contributed by atoms with Gasteiger partial charge in [0, 0.05) is 30.2 Å². The van der Waals surface area contributed by atoms with Gasteiger partial charge in [-0.3, -0.25) is 14.7 Å². The number of para-hydroxylation sites is 1. The molecule has 1 unspecified atom stereocenters. The molecule has 0 radical (unpaired) electrons. The number of carbonyl (C=O) groups excluding carboxylic acids is 1. The number of aromatic nitrogens is 3. The highest BCUT2D eigenvalue weighted by Crippen LogP contribution is 2.46. The molecule has 4 aliphatic rings. The van der Waals surface area contributed by atoms with Gasteiger partial charge in [-0.25, -0.2) is 8.78 Å². The molecule has 0 N–H and O–H groups in total. The number of esters is 1. The van der Waals surface area contributed by atoms with Crippen LogP contribution >= 0.6 is 0 Å². The number of halogens is 2. The van der Waals surface area contributed by atoms with Gasteiger partial charge in [-0.2, -0.15) is 9.97 Å². The number of ether oxygens (including phenoxy) is 2. The molecule has 49 heavy (non-hydrogen) atoms. The zero-order chi connectivity index (χ0) is 33.1. The molecule has 5 aromatic rings. The number of fused-ring (bicyclic) bond motifs is 5. The van der Waals surface area contributed by atoms with E-state index in [9.17, 15) is 4.79 Å². The Kier molecular flexibility index (Phi) is 7.45. The van der Waals surface area contributed by atoms with E-state index in [2.05, 4.69) is 19.8 Å². The first-order chi connectivity index (χ1) is 24.0. The van der Waals surface area contributed by atoms with Crippen molar-refractivity contribution in [3.63, 3.8) is 0 Å². The van der Waals surface area contributed by atoms with E-state index in [4.69, 9.17) is 14.5 Å². The second-order valence-corrected chi connectivity index (χ2v) is 14.1. The minimum absolute atomic E-state index is 0.0255. The Morgan fingerprint density at radius 2 is 1.63 bits per heavy atom. The van der Waals surface area contributed by atoms with Crippen LogP contribution in [0.2, 0.25) is 0 Å². The first-order valence-electron chi connectivity index (χ1n) is 17.4. The van der Waals surface area contributed by atoms with Crippen LogP contribution in [0, 0.1) is 29.4 Å². The molecule has 5 heterocycles. The Morgan fingerprint density at radius 3 is 2.39 bits per heavy atom. The normalized spacial score (nSPS) is 22.9. The third-order valence-electron chi connectivity index (χ3n) is 11.4. The minimum Gasteiger partial charge on any atom is -0.461 e. The van der Waals surface area contributed by atoms with Crippen molar-refractivity contribution in [3.8, 4) is 23.0 Å². The third-order valence-corrected chi connectivity index (χ3v) is 11.4. The first-order valence-corrected chi connectivity index (χ1v) is 17.4. The summed E-state index contributed by atoms with van der Waals surface area (Å²) in [5.41, 5.74) is 0.429. The van der Waals surface area contributed by atoms with Gasteiger partial charge < -0.3 is 14.4 Å². The molecule has 9 rings (SSSR count). The summed E-state index contributed by atoms with van der Waals surface area (Å²) in [7, 11) is 0. The molecule has 0 amide bonds. The molecule has 10 heteroatoms. The molecular formula is C39H37F2N5O3. The average molecular weight is 662 g/mol. The van der Waals surface area contributed by atoms with E-state index in [1.807, 2.05) is 18.2 Å². The van der Waals surface area contributed by atoms with Crippen molar-refractivity contribution in [2.24, 2.45) is 17.8 Å². The van der Waals surface area contributed by atoms with E-state index in [1.165, 1.54) is 6.07 Å². The fourth-order valence-corrected chi connectivity index (χ4v) is 9.12. The van der Waals surface area contributed by atoms with Gasteiger partial charge in [-0.05, 0) is 87.0 Å². The molecule has 8 nitrogen and oxygen atoms in total. The van der Waals surface area contributed by atoms with Crippen molar-refractivity contribution in [1.82, 2.24) is 19.9 Å². The number of anilines is 1. The summed E-state index contributed by atoms with van der Waals surface area (Å²) in [6, 6.07) is 19.4. The van der Waals surface area contributed by atoms with Crippen LogP contribution in [-0.2, 0) is 4.79 Å². The summed E-state index contributed by atoms with van der Waals surface area (Å²) in [6.45, 7) is 3.68. The highest BCUT2D eigenvalue weighted by molar-refractivity contribution is 5.99. The van der Waals surface area contributed by atoms with Gasteiger partial charge in [0.05, 0.1) is 16.8 Å². The number of carbonyl (C=O) groups is 1. The zero-order valence-electron chi connectivity index (χ0n) is 27.2. The Morgan fingerprint density at radius 1 is 0.898 bits per heavy atom. The number of benzene rings is 3. The van der Waals surface area contributed by atoms with Crippen LogP contribution in [-0.4, -0.2) is 64.1 Å². The maximum Gasteiger partial charge on any atom is 0.319 e. The van der Waals surface area contributed by atoms with Crippen LogP contribution in [0.3, 0.4) is 0 Å². The SMILES string of the molecule is O=C(Oc1ccccc1)C1[C@@H]2CC[C@H]1CN(c1nc(OCC34CCCN3CCC4)nc3c(F)c(-c4cccc5cccc(F)c45)ncc13)C2. The van der Waals surface area contributed by atoms with Crippen molar-refractivity contribution in [2.45, 2.75) is 44.1 Å². The van der Waals surface area contributed by atoms with Crippen molar-refractivity contribution < 1.29 is 23.0 Å². The molecule has 3 atom stereocenters. The second kappa shape index (κ2) is 12.0. The van der Waals surface area contributed by atoms with E-state index >= 15 is 8.78 Å². The van der Waals surface area contributed by atoms with Crippen LogP contribution in [0.15, 0.2) is 72.9 Å². The van der Waals surface area contributed by atoms with Crippen molar-refractivity contribution >= 4 is 33.5 Å². The topological polar surface area (TPSA) is 80.7 Å². The van der Waals surface area contributed by atoms with E-state index in [0.29, 0.717) is 53.0 Å². The van der Waals surface area contributed by atoms with E-state index < -0.39 is 11.6 Å². The van der Waals surface area contributed by atoms with Crippen LogP contribution in [0.25, 0.3) is 32.9 Å². The monoisotopic (exact) mass is 661 g/mol. The summed E-state index contributed by atoms with van der Waals surface area (Å²) in [4.78, 5) is 32.2. The van der Waals surface area contributed by atoms with Gasteiger partial charge in [0.2, 0.25) is 0 Å². The highest BCUT2D eigenvalue weighted by atomic mass is 19.1. The van der Waals surface area contributed by atoms with Crippen LogP contribution < -0.4 is 14.4 Å². The van der Waals surface area contributed by atoms with Crippen molar-refractivity contribution in [2.75, 3.05) is 37.7 Å². The minimum atomic E-state index is -0.646. The average Bonchev–Trinajstić information content (AvgIpc) is 3.78. The van der Waals surface area contributed by atoms with E-state index in [-0.39, 0.29) is 46.5 Å². The molecule has 0 spiro atoms. The number of hydrogen-bond donors (Lipinski definition) is 0. The summed E-state index contributed by atoms with van der Waals surface area (Å²) < 4.78 is 44.2. The molecule has 2 bridgehead atoms. The molecule has 3 saturated heterocycles. The quantitative estimate of drug-likeness (QED) is 0.134. The molecule has 250 valence electrons. The third kappa shape index (κ3) is 5.19. The lowest BCUT2D eigenvalue weighted by molar-refractivity contribution is -0.142. The lowest BCUT2D eigenvalue weighted by atomic mass is 9.85. The maximum absolute atomic E-state index is 16.8. The van der Waals surface area contributed by atoms with Gasteiger partial charge >= 0.3 is 12.0 Å². The molecular weight excluding hydrogens is 624 g/mol. The number of rotatable bonds is 7. The van der Waals surface area contributed by atoms with Gasteiger partial charge in [-0.15, -0.1) is 0 Å². The smallest absolute Gasteiger partial charge is 0.319 e. The molecule has 2 aromatic heterocycles. The number of piperidine rings is 1. The van der Waals surface area contributed by atoms with Crippen LogP contribution in [0.5, 0.6) is 11.8 Å². The number of pyridine rings is 1. The second-order valence-electron chi connectivity index (χ2n) is 14.1. The van der Waals surface area contributed by atoms with E-state index in [1.54, 1.807) is 48.7 Å². The highest BCUT2D eigenvalue weighted by Gasteiger charge is 2.48. The van der Waals surface area contributed by atoms with Gasteiger partial charge in [0.25, 0.3) is 0 Å². The molecule has 1 saturated carbocycles. The standard InChI is InChI=1S/C39H37F2N5O3/c40-30-13-5-9-24-8-4-12-28(32(24)30)34-33(41)35-29(20-42-34)36(44-38(43-35)48-23-39-16-6-18-46(39)19-7-17-39)45-21-25-14-15-26(22-45)31(25)37(47)49-27-10-2-1-3-11-27/h1-5,8-13,20,25-26,31H,6-7,14-19,21-23H2/t25-,26+,31?. The molecule has 3 aromatic carbocycles. The number of nitrogens with zero attached hydrogens (tertiary/aromatic N) is 5. The van der Waals surface area contributed by atoms with E-state index in [0.717, 1.165) is 51.6 Å². The summed E-state index contributed by atoms with van der Waals surface area (Å²) >= 11 is 0. The molecule has 1 aliphatic carbocycles. The van der Waals surface area contributed by atoms with Gasteiger partial charge in [-0.1, -0.05) is 48.5 Å². The lowest BCUT2D eigenvalue weighted by Crippen LogP contribution is -2.46. The summed E-state index contributed by atoms with van der Waals surface area (Å²) in [6.07, 6.45) is 7.74. The Balaban J connectivity index is 1.10. The number of hydrogen-bond acceptors (Lipinski definition) is 8. The van der Waals surface area contributed by atoms with Gasteiger partial charge in [0.15, 0.2) is 5.82 Å². The molecule has 3 aliphatic heterocycles. The first kappa shape index (κ1) is 30.4.